The summed E-state index contributed by atoms with van der Waals surface area (Å²) < 4.78 is 18.8. The fraction of sp³-hybridized carbons (Fsp3) is 0.533. The van der Waals surface area contributed by atoms with Gasteiger partial charge < -0.3 is 15.4 Å². The minimum atomic E-state index is -0.379. The molecule has 0 unspecified atom stereocenters. The van der Waals surface area contributed by atoms with E-state index in [9.17, 15) is 9.18 Å². The lowest BCUT2D eigenvalue weighted by Crippen LogP contribution is -2.41. The molecule has 0 radical (unpaired) electrons. The van der Waals surface area contributed by atoms with Crippen LogP contribution in [0, 0.1) is 5.82 Å². The lowest BCUT2D eigenvalue weighted by molar-refractivity contribution is 0.00843. The van der Waals surface area contributed by atoms with E-state index in [2.05, 4.69) is 0 Å². The van der Waals surface area contributed by atoms with Crippen molar-refractivity contribution in [2.24, 2.45) is 5.73 Å². The Labute approximate surface area is 118 Å². The second-order valence-corrected chi connectivity index (χ2v) is 5.01. The highest BCUT2D eigenvalue weighted by molar-refractivity contribution is 5.94. The second-order valence-electron chi connectivity index (χ2n) is 5.01. The molecule has 1 fully saturated rings. The average molecular weight is 280 g/mol. The van der Waals surface area contributed by atoms with Gasteiger partial charge in [-0.05, 0) is 44.0 Å². The number of piperidine rings is 1. The van der Waals surface area contributed by atoms with E-state index in [1.807, 2.05) is 0 Å². The lowest BCUT2D eigenvalue weighted by atomic mass is 10.1. The molecule has 0 aromatic heterocycles. The number of halogens is 1. The maximum absolute atomic E-state index is 13.1. The molecule has 0 atom stereocenters. The predicted octanol–water partition coefficient (Wildman–Crippen LogP) is 1.80. The van der Waals surface area contributed by atoms with Crippen LogP contribution in [0.25, 0.3) is 0 Å². The van der Waals surface area contributed by atoms with Crippen molar-refractivity contribution < 1.29 is 13.9 Å². The fourth-order valence-electron chi connectivity index (χ4n) is 2.36. The lowest BCUT2D eigenvalue weighted by Gasteiger charge is -2.32. The van der Waals surface area contributed by atoms with Gasteiger partial charge in [0, 0.05) is 25.3 Å². The molecule has 1 aliphatic rings. The van der Waals surface area contributed by atoms with Crippen molar-refractivity contribution in [2.75, 3.05) is 26.2 Å². The van der Waals surface area contributed by atoms with Crippen molar-refractivity contribution in [2.45, 2.75) is 25.4 Å². The van der Waals surface area contributed by atoms with E-state index in [1.54, 1.807) is 17.0 Å². The molecule has 0 spiro atoms. The van der Waals surface area contributed by atoms with Crippen molar-refractivity contribution in [3.05, 3.63) is 35.6 Å². The summed E-state index contributed by atoms with van der Waals surface area (Å²) in [4.78, 5) is 14.0. The number of hydrogen-bond acceptors (Lipinski definition) is 3. The molecule has 5 heteroatoms. The standard InChI is InChI=1S/C15H21FN2O2/c16-13-4-1-3-12(11-13)15(19)18-8-5-14(6-9-18)20-10-2-7-17/h1,3-4,11,14H,2,5-10,17H2. The molecule has 1 amide bonds. The number of carbonyl (C=O) groups is 1. The third-order valence-electron chi connectivity index (χ3n) is 3.50. The number of benzene rings is 1. The summed E-state index contributed by atoms with van der Waals surface area (Å²) in [5, 5.41) is 0. The third kappa shape index (κ3) is 4.02. The highest BCUT2D eigenvalue weighted by atomic mass is 19.1. The van der Waals surface area contributed by atoms with Crippen LogP contribution in [0.3, 0.4) is 0 Å². The van der Waals surface area contributed by atoms with Gasteiger partial charge in [-0.25, -0.2) is 4.39 Å². The van der Waals surface area contributed by atoms with E-state index in [0.29, 0.717) is 31.8 Å². The van der Waals surface area contributed by atoms with E-state index in [1.165, 1.54) is 12.1 Å². The van der Waals surface area contributed by atoms with Crippen LogP contribution < -0.4 is 5.73 Å². The van der Waals surface area contributed by atoms with Gasteiger partial charge in [0.2, 0.25) is 0 Å². The molecular weight excluding hydrogens is 259 g/mol. The number of amides is 1. The van der Waals surface area contributed by atoms with E-state index < -0.39 is 0 Å². The first-order valence-electron chi connectivity index (χ1n) is 7.07. The summed E-state index contributed by atoms with van der Waals surface area (Å²) in [7, 11) is 0. The van der Waals surface area contributed by atoms with Crippen LogP contribution in [0.15, 0.2) is 24.3 Å². The van der Waals surface area contributed by atoms with Gasteiger partial charge in [-0.3, -0.25) is 4.79 Å². The summed E-state index contributed by atoms with van der Waals surface area (Å²) in [5.41, 5.74) is 5.83. The van der Waals surface area contributed by atoms with Gasteiger partial charge in [-0.15, -0.1) is 0 Å². The van der Waals surface area contributed by atoms with Crippen molar-refractivity contribution in [3.63, 3.8) is 0 Å². The highest BCUT2D eigenvalue weighted by Gasteiger charge is 2.24. The Kier molecular flexibility index (Phi) is 5.49. The molecule has 1 aliphatic heterocycles. The molecule has 1 aromatic rings. The molecular formula is C15H21FN2O2. The minimum Gasteiger partial charge on any atom is -0.378 e. The smallest absolute Gasteiger partial charge is 0.253 e. The first-order valence-corrected chi connectivity index (χ1v) is 7.07. The molecule has 0 saturated carbocycles. The number of rotatable bonds is 5. The molecule has 2 rings (SSSR count). The Bertz CT molecular complexity index is 445. The van der Waals surface area contributed by atoms with Crippen LogP contribution in [0.5, 0.6) is 0 Å². The Hall–Kier alpha value is -1.46. The van der Waals surface area contributed by atoms with Gasteiger partial charge in [-0.1, -0.05) is 6.07 Å². The van der Waals surface area contributed by atoms with E-state index in [4.69, 9.17) is 10.5 Å². The topological polar surface area (TPSA) is 55.6 Å². The first kappa shape index (κ1) is 14.9. The minimum absolute atomic E-state index is 0.107. The number of nitrogens with zero attached hydrogens (tertiary/aromatic N) is 1. The molecule has 4 nitrogen and oxygen atoms in total. The quantitative estimate of drug-likeness (QED) is 0.837. The number of ether oxygens (including phenoxy) is 1. The van der Waals surface area contributed by atoms with Crippen LogP contribution in [0.1, 0.15) is 29.6 Å². The summed E-state index contributed by atoms with van der Waals surface area (Å²) in [6, 6.07) is 5.83. The molecule has 1 heterocycles. The number of likely N-dealkylation sites (tertiary alicyclic amines) is 1. The maximum atomic E-state index is 13.1. The average Bonchev–Trinajstić information content (AvgIpc) is 2.47. The summed E-state index contributed by atoms with van der Waals surface area (Å²) in [6.45, 7) is 2.63. The van der Waals surface area contributed by atoms with Crippen LogP contribution in [-0.2, 0) is 4.74 Å². The van der Waals surface area contributed by atoms with E-state index in [0.717, 1.165) is 19.3 Å². The highest BCUT2D eigenvalue weighted by Crippen LogP contribution is 2.17. The van der Waals surface area contributed by atoms with Crippen molar-refractivity contribution in [1.29, 1.82) is 0 Å². The summed E-state index contributed by atoms with van der Waals surface area (Å²) in [6.07, 6.45) is 2.72. The molecule has 1 aromatic carbocycles. The summed E-state index contributed by atoms with van der Waals surface area (Å²) in [5.74, 6) is -0.485. The largest absolute Gasteiger partial charge is 0.378 e. The Morgan fingerprint density at radius 1 is 1.40 bits per heavy atom. The molecule has 20 heavy (non-hydrogen) atoms. The second kappa shape index (κ2) is 7.36. The van der Waals surface area contributed by atoms with Gasteiger partial charge in [0.1, 0.15) is 5.82 Å². The zero-order valence-corrected chi connectivity index (χ0v) is 11.6. The van der Waals surface area contributed by atoms with Crippen molar-refractivity contribution in [1.82, 2.24) is 4.90 Å². The Balaban J connectivity index is 1.83. The Morgan fingerprint density at radius 3 is 2.80 bits per heavy atom. The van der Waals surface area contributed by atoms with Crippen molar-refractivity contribution >= 4 is 5.91 Å². The normalized spacial score (nSPS) is 16.4. The zero-order chi connectivity index (χ0) is 14.4. The monoisotopic (exact) mass is 280 g/mol. The van der Waals surface area contributed by atoms with Crippen LogP contribution in [0.4, 0.5) is 4.39 Å². The maximum Gasteiger partial charge on any atom is 0.253 e. The van der Waals surface area contributed by atoms with Crippen LogP contribution in [-0.4, -0.2) is 43.2 Å². The molecule has 0 aliphatic carbocycles. The van der Waals surface area contributed by atoms with Gasteiger partial charge in [0.05, 0.1) is 6.10 Å². The molecule has 2 N–H and O–H groups in total. The van der Waals surface area contributed by atoms with Gasteiger partial charge in [-0.2, -0.15) is 0 Å². The molecule has 110 valence electrons. The van der Waals surface area contributed by atoms with E-state index in [-0.39, 0.29) is 17.8 Å². The zero-order valence-electron chi connectivity index (χ0n) is 11.6. The van der Waals surface area contributed by atoms with Crippen LogP contribution in [0.2, 0.25) is 0 Å². The number of hydrogen-bond donors (Lipinski definition) is 1. The summed E-state index contributed by atoms with van der Waals surface area (Å²) >= 11 is 0. The van der Waals surface area contributed by atoms with E-state index >= 15 is 0 Å². The molecule has 0 bridgehead atoms. The van der Waals surface area contributed by atoms with Crippen molar-refractivity contribution in [3.8, 4) is 0 Å². The third-order valence-corrected chi connectivity index (χ3v) is 3.50. The first-order chi connectivity index (χ1) is 9.70. The fourth-order valence-corrected chi connectivity index (χ4v) is 2.36. The van der Waals surface area contributed by atoms with Gasteiger partial charge in [0.25, 0.3) is 5.91 Å². The molecule has 1 saturated heterocycles. The SMILES string of the molecule is NCCCOC1CCN(C(=O)c2cccc(F)c2)CC1. The van der Waals surface area contributed by atoms with Crippen LogP contribution >= 0.6 is 0 Å². The number of carbonyl (C=O) groups excluding carboxylic acids is 1. The number of nitrogens with two attached hydrogens (primary N) is 1. The Morgan fingerprint density at radius 2 is 2.15 bits per heavy atom. The van der Waals surface area contributed by atoms with Gasteiger partial charge >= 0.3 is 0 Å². The predicted molar refractivity (Wildman–Crippen MR) is 74.9 cm³/mol. The van der Waals surface area contributed by atoms with Gasteiger partial charge in [0.15, 0.2) is 0 Å².